The maximum atomic E-state index is 13.8. The number of piperidine rings is 1. The van der Waals surface area contributed by atoms with Gasteiger partial charge in [0.1, 0.15) is 17.1 Å². The Kier molecular flexibility index (Phi) is 8.56. The van der Waals surface area contributed by atoms with Gasteiger partial charge in [0.2, 0.25) is 5.95 Å². The quantitative estimate of drug-likeness (QED) is 0.332. The number of rotatable bonds is 9. The number of aromatic nitrogens is 2. The smallest absolute Gasteiger partial charge is 0.421 e. The maximum absolute atomic E-state index is 13.8. The molecule has 2 aromatic carbocycles. The zero-order chi connectivity index (χ0) is 28.2. The molecule has 4 N–H and O–H groups in total. The van der Waals surface area contributed by atoms with Gasteiger partial charge >= 0.3 is 6.18 Å². The molecule has 0 atom stereocenters. The summed E-state index contributed by atoms with van der Waals surface area (Å²) in [6.07, 6.45) is -1.94. The molecule has 0 aliphatic carbocycles. The molecule has 0 saturated carbocycles. The van der Waals surface area contributed by atoms with E-state index in [0.29, 0.717) is 23.7 Å². The number of halogens is 3. The first-order valence-corrected chi connectivity index (χ1v) is 12.5. The molecule has 0 spiro atoms. The maximum Gasteiger partial charge on any atom is 0.421 e. The van der Waals surface area contributed by atoms with E-state index in [0.717, 1.165) is 31.6 Å². The molecule has 208 valence electrons. The van der Waals surface area contributed by atoms with Crippen LogP contribution in [0.2, 0.25) is 0 Å². The first kappa shape index (κ1) is 28.1. The van der Waals surface area contributed by atoms with Gasteiger partial charge in [0.05, 0.1) is 25.0 Å². The molecule has 0 unspecified atom stereocenters. The minimum absolute atomic E-state index is 0.0778. The number of nitrogens with two attached hydrogens (primary N) is 1. The highest BCUT2D eigenvalue weighted by Gasteiger charge is 2.35. The van der Waals surface area contributed by atoms with Crippen molar-refractivity contribution in [3.63, 3.8) is 0 Å². The Morgan fingerprint density at radius 2 is 1.85 bits per heavy atom. The third kappa shape index (κ3) is 6.58. The molecular weight excluding hydrogens is 511 g/mol. The summed E-state index contributed by atoms with van der Waals surface area (Å²) in [6.45, 7) is 1.53. The summed E-state index contributed by atoms with van der Waals surface area (Å²) < 4.78 is 46.9. The summed E-state index contributed by atoms with van der Waals surface area (Å²) in [5, 5.41) is 5.61. The normalized spacial score (nSPS) is 14.4. The van der Waals surface area contributed by atoms with Crippen LogP contribution >= 0.6 is 0 Å². The first-order chi connectivity index (χ1) is 18.6. The number of para-hydroxylation sites is 1. The summed E-state index contributed by atoms with van der Waals surface area (Å²) in [5.41, 5.74) is 6.19. The second kappa shape index (κ2) is 11.9. The number of ketones is 1. The van der Waals surface area contributed by atoms with E-state index >= 15 is 0 Å². The molecule has 1 aliphatic heterocycles. The number of carbonyl (C=O) groups is 1. The number of alkyl halides is 3. The largest absolute Gasteiger partial charge is 0.494 e. The number of anilines is 5. The van der Waals surface area contributed by atoms with Gasteiger partial charge in [0, 0.05) is 42.6 Å². The number of methoxy groups -OCH3 is 1. The molecule has 4 rings (SSSR count). The predicted molar refractivity (Wildman–Crippen MR) is 145 cm³/mol. The van der Waals surface area contributed by atoms with Gasteiger partial charge < -0.3 is 30.9 Å². The highest BCUT2D eigenvalue weighted by molar-refractivity contribution is 6.03. The summed E-state index contributed by atoms with van der Waals surface area (Å²) in [5.74, 6) is -0.503. The number of benzene rings is 2. The number of nitrogens with zero attached hydrogens (tertiary/aromatic N) is 4. The molecule has 0 amide bonds. The minimum Gasteiger partial charge on any atom is -0.494 e. The van der Waals surface area contributed by atoms with Crippen molar-refractivity contribution in [1.29, 1.82) is 0 Å². The Morgan fingerprint density at radius 1 is 1.13 bits per heavy atom. The Morgan fingerprint density at radius 3 is 2.49 bits per heavy atom. The van der Waals surface area contributed by atoms with E-state index in [2.05, 4.69) is 44.5 Å². The lowest BCUT2D eigenvalue weighted by Gasteiger charge is -2.36. The van der Waals surface area contributed by atoms with Crippen LogP contribution < -0.4 is 26.0 Å². The van der Waals surface area contributed by atoms with Crippen LogP contribution in [-0.4, -0.2) is 67.5 Å². The molecule has 12 heteroatoms. The van der Waals surface area contributed by atoms with E-state index < -0.39 is 23.3 Å². The fourth-order valence-corrected chi connectivity index (χ4v) is 4.56. The number of ether oxygens (including phenoxy) is 1. The molecule has 39 heavy (non-hydrogen) atoms. The fraction of sp³-hybridized carbons (Fsp3) is 0.370. The second-order valence-corrected chi connectivity index (χ2v) is 9.44. The van der Waals surface area contributed by atoms with Crippen LogP contribution in [0, 0.1) is 0 Å². The van der Waals surface area contributed by atoms with Gasteiger partial charge in [0.25, 0.3) is 0 Å². The highest BCUT2D eigenvalue weighted by Crippen LogP contribution is 2.37. The van der Waals surface area contributed by atoms with Crippen molar-refractivity contribution in [2.24, 2.45) is 5.73 Å². The SMILES string of the molecule is COc1cc(N2CCC(N(C)C)CC2)ccc1Nc1ncc(C(F)(F)F)c(Nc2ccccc2C(=O)CN)n1. The van der Waals surface area contributed by atoms with Crippen molar-refractivity contribution in [2.75, 3.05) is 56.4 Å². The van der Waals surface area contributed by atoms with Crippen LogP contribution in [0.15, 0.2) is 48.7 Å². The van der Waals surface area contributed by atoms with Gasteiger partial charge in [-0.15, -0.1) is 0 Å². The zero-order valence-electron chi connectivity index (χ0n) is 22.0. The average molecular weight is 544 g/mol. The van der Waals surface area contributed by atoms with Crippen LogP contribution in [0.4, 0.5) is 42.0 Å². The van der Waals surface area contributed by atoms with E-state index in [4.69, 9.17) is 10.5 Å². The van der Waals surface area contributed by atoms with E-state index in [9.17, 15) is 18.0 Å². The molecule has 1 aliphatic rings. The first-order valence-electron chi connectivity index (χ1n) is 12.5. The van der Waals surface area contributed by atoms with Crippen molar-refractivity contribution in [2.45, 2.75) is 25.1 Å². The molecule has 0 bridgehead atoms. The summed E-state index contributed by atoms with van der Waals surface area (Å²) >= 11 is 0. The van der Waals surface area contributed by atoms with Gasteiger partial charge in [-0.25, -0.2) is 4.98 Å². The lowest BCUT2D eigenvalue weighted by atomic mass is 10.0. The molecule has 2 heterocycles. The van der Waals surface area contributed by atoms with Crippen molar-refractivity contribution in [3.8, 4) is 5.75 Å². The standard InChI is InChI=1S/C27H32F3N7O2/c1-36(2)17-10-12-37(13-11-17)18-8-9-22(24(14-18)39-3)34-26-32-16-20(27(28,29)30)25(35-26)33-21-7-5-4-6-19(21)23(38)15-31/h4-9,14,16-17H,10-13,15,31H2,1-3H3,(H2,32,33,34,35). The third-order valence-corrected chi connectivity index (χ3v) is 6.75. The molecule has 3 aromatic rings. The Balaban J connectivity index is 1.60. The topological polar surface area (TPSA) is 109 Å². The lowest BCUT2D eigenvalue weighted by Crippen LogP contribution is -2.41. The van der Waals surface area contributed by atoms with Gasteiger partial charge in [0.15, 0.2) is 5.78 Å². The minimum atomic E-state index is -4.73. The number of hydrogen-bond acceptors (Lipinski definition) is 9. The molecule has 9 nitrogen and oxygen atoms in total. The fourth-order valence-electron chi connectivity index (χ4n) is 4.56. The predicted octanol–water partition coefficient (Wildman–Crippen LogP) is 4.66. The van der Waals surface area contributed by atoms with E-state index in [1.807, 2.05) is 12.1 Å². The van der Waals surface area contributed by atoms with Crippen molar-refractivity contribution in [3.05, 3.63) is 59.8 Å². The van der Waals surface area contributed by atoms with Gasteiger partial charge in [-0.3, -0.25) is 4.79 Å². The van der Waals surface area contributed by atoms with E-state index in [1.54, 1.807) is 18.2 Å². The van der Waals surface area contributed by atoms with Gasteiger partial charge in [-0.05, 0) is 51.2 Å². The molecule has 1 fully saturated rings. The molecule has 1 aromatic heterocycles. The van der Waals surface area contributed by atoms with Crippen LogP contribution in [0.25, 0.3) is 0 Å². The lowest BCUT2D eigenvalue weighted by molar-refractivity contribution is -0.137. The molecule has 1 saturated heterocycles. The second-order valence-electron chi connectivity index (χ2n) is 9.44. The van der Waals surface area contributed by atoms with Crippen LogP contribution in [0.1, 0.15) is 28.8 Å². The summed E-state index contributed by atoms with van der Waals surface area (Å²) in [7, 11) is 5.70. The van der Waals surface area contributed by atoms with Gasteiger partial charge in [-0.1, -0.05) is 12.1 Å². The van der Waals surface area contributed by atoms with Crippen molar-refractivity contribution in [1.82, 2.24) is 14.9 Å². The zero-order valence-corrected chi connectivity index (χ0v) is 22.0. The highest BCUT2D eigenvalue weighted by atomic mass is 19.4. The number of nitrogens with one attached hydrogen (secondary N) is 2. The van der Waals surface area contributed by atoms with Crippen LogP contribution in [0.5, 0.6) is 5.75 Å². The number of carbonyl (C=O) groups excluding carboxylic acids is 1. The summed E-state index contributed by atoms with van der Waals surface area (Å²) in [6, 6.07) is 12.3. The number of Topliss-reactive ketones (excluding diaryl/α,β-unsaturated/α-hetero) is 1. The number of hydrogen-bond donors (Lipinski definition) is 3. The van der Waals surface area contributed by atoms with Crippen LogP contribution in [-0.2, 0) is 6.18 Å². The Hall–Kier alpha value is -3.90. The van der Waals surface area contributed by atoms with Crippen molar-refractivity contribution >= 4 is 34.6 Å². The third-order valence-electron chi connectivity index (χ3n) is 6.75. The molecule has 0 radical (unpaired) electrons. The van der Waals surface area contributed by atoms with Crippen LogP contribution in [0.3, 0.4) is 0 Å². The summed E-state index contributed by atoms with van der Waals surface area (Å²) in [4.78, 5) is 24.7. The van der Waals surface area contributed by atoms with Gasteiger partial charge in [-0.2, -0.15) is 18.2 Å². The van der Waals surface area contributed by atoms with E-state index in [-0.39, 0.29) is 23.7 Å². The molecular formula is C27H32F3N7O2. The monoisotopic (exact) mass is 543 g/mol. The van der Waals surface area contributed by atoms with E-state index in [1.165, 1.54) is 19.2 Å². The van der Waals surface area contributed by atoms with Crippen molar-refractivity contribution < 1.29 is 22.7 Å². The average Bonchev–Trinajstić information content (AvgIpc) is 2.92. The Labute approximate surface area is 225 Å². The Bertz CT molecular complexity index is 1310.